The van der Waals surface area contributed by atoms with Crippen LogP contribution in [0.5, 0.6) is 0 Å². The number of ether oxygens (including phenoxy) is 1. The Kier molecular flexibility index (Phi) is 6.50. The summed E-state index contributed by atoms with van der Waals surface area (Å²) in [4.78, 5) is 14.7. The molecular formula is C24H32FN5O2. The van der Waals surface area contributed by atoms with Crippen molar-refractivity contribution in [3.8, 4) is 0 Å². The number of nitrogens with zero attached hydrogens (tertiary/aromatic N) is 4. The third-order valence-corrected chi connectivity index (χ3v) is 7.19. The van der Waals surface area contributed by atoms with Crippen LogP contribution in [0.15, 0.2) is 24.3 Å². The van der Waals surface area contributed by atoms with Crippen LogP contribution in [0.1, 0.15) is 68.0 Å². The third-order valence-electron chi connectivity index (χ3n) is 7.19. The van der Waals surface area contributed by atoms with Crippen molar-refractivity contribution >= 4 is 5.91 Å². The number of benzene rings is 1. The zero-order valence-electron chi connectivity index (χ0n) is 18.5. The second-order valence-corrected chi connectivity index (χ2v) is 9.49. The molecule has 3 aliphatic rings. The van der Waals surface area contributed by atoms with Crippen LogP contribution in [0.25, 0.3) is 0 Å². The van der Waals surface area contributed by atoms with Gasteiger partial charge in [0.05, 0.1) is 18.8 Å². The molecular weight excluding hydrogens is 409 g/mol. The van der Waals surface area contributed by atoms with Gasteiger partial charge in [0.1, 0.15) is 17.6 Å². The number of carbonyl (C=O) groups excluding carboxylic acids is 1. The Morgan fingerprint density at radius 3 is 2.62 bits per heavy atom. The molecule has 1 amide bonds. The van der Waals surface area contributed by atoms with Crippen LogP contribution < -0.4 is 5.32 Å². The molecule has 1 saturated carbocycles. The second-order valence-electron chi connectivity index (χ2n) is 9.49. The van der Waals surface area contributed by atoms with Gasteiger partial charge in [-0.1, -0.05) is 30.2 Å². The molecule has 7 nitrogen and oxygen atoms in total. The topological polar surface area (TPSA) is 72.3 Å². The molecule has 1 unspecified atom stereocenters. The van der Waals surface area contributed by atoms with E-state index in [4.69, 9.17) is 4.74 Å². The van der Waals surface area contributed by atoms with Crippen molar-refractivity contribution in [1.29, 1.82) is 0 Å². The highest BCUT2D eigenvalue weighted by Crippen LogP contribution is 2.29. The van der Waals surface area contributed by atoms with Crippen LogP contribution in [0.3, 0.4) is 0 Å². The van der Waals surface area contributed by atoms with Crippen molar-refractivity contribution in [2.45, 2.75) is 76.8 Å². The molecule has 1 aromatic carbocycles. The highest BCUT2D eigenvalue weighted by Gasteiger charge is 2.28. The van der Waals surface area contributed by atoms with E-state index in [9.17, 15) is 9.18 Å². The lowest BCUT2D eigenvalue weighted by Gasteiger charge is -2.32. The van der Waals surface area contributed by atoms with Crippen LogP contribution in [-0.2, 0) is 29.2 Å². The molecule has 2 aliphatic heterocycles. The molecule has 1 atom stereocenters. The van der Waals surface area contributed by atoms with Gasteiger partial charge < -0.3 is 10.1 Å². The van der Waals surface area contributed by atoms with Gasteiger partial charge in [0.25, 0.3) is 0 Å². The van der Waals surface area contributed by atoms with Gasteiger partial charge in [0, 0.05) is 32.1 Å². The Hall–Kier alpha value is -2.32. The first-order chi connectivity index (χ1) is 15.6. The summed E-state index contributed by atoms with van der Waals surface area (Å²) >= 11 is 0. The zero-order chi connectivity index (χ0) is 21.9. The van der Waals surface area contributed by atoms with Crippen LogP contribution in [0.4, 0.5) is 4.39 Å². The van der Waals surface area contributed by atoms with E-state index in [1.165, 1.54) is 37.8 Å². The van der Waals surface area contributed by atoms with Crippen molar-refractivity contribution in [3.05, 3.63) is 47.0 Å². The van der Waals surface area contributed by atoms with Crippen LogP contribution in [0.2, 0.25) is 0 Å². The Morgan fingerprint density at radius 2 is 1.88 bits per heavy atom. The monoisotopic (exact) mass is 441 g/mol. The normalized spacial score (nSPS) is 22.7. The van der Waals surface area contributed by atoms with E-state index in [0.717, 1.165) is 49.4 Å². The SMILES string of the molecule is O=C(CC1CCCC1)NC1CCN(Cc2nnn3c2COC(c2ccc(F)cc2)C3)CC1. The van der Waals surface area contributed by atoms with Crippen molar-refractivity contribution in [3.63, 3.8) is 0 Å². The van der Waals surface area contributed by atoms with E-state index in [1.807, 2.05) is 4.68 Å². The van der Waals surface area contributed by atoms with Gasteiger partial charge in [0.2, 0.25) is 5.91 Å². The molecule has 8 heteroatoms. The maximum atomic E-state index is 13.2. The summed E-state index contributed by atoms with van der Waals surface area (Å²) in [6, 6.07) is 6.73. The fourth-order valence-electron chi connectivity index (χ4n) is 5.27. The highest BCUT2D eigenvalue weighted by atomic mass is 19.1. The number of nitrogens with one attached hydrogen (secondary N) is 1. The number of aromatic nitrogens is 3. The minimum atomic E-state index is -0.245. The van der Waals surface area contributed by atoms with Crippen molar-refractivity contribution in [2.75, 3.05) is 13.1 Å². The first kappa shape index (κ1) is 21.5. The number of halogens is 1. The number of hydrogen-bond donors (Lipinski definition) is 1. The number of fused-ring (bicyclic) bond motifs is 1. The molecule has 0 spiro atoms. The molecule has 2 aromatic rings. The van der Waals surface area contributed by atoms with Gasteiger partial charge >= 0.3 is 0 Å². The number of likely N-dealkylation sites (tertiary alicyclic amines) is 1. The van der Waals surface area contributed by atoms with Crippen LogP contribution >= 0.6 is 0 Å². The summed E-state index contributed by atoms with van der Waals surface area (Å²) in [6.07, 6.45) is 7.49. The molecule has 172 valence electrons. The quantitative estimate of drug-likeness (QED) is 0.744. The zero-order valence-corrected chi connectivity index (χ0v) is 18.5. The van der Waals surface area contributed by atoms with Gasteiger partial charge in [-0.05, 0) is 49.3 Å². The molecule has 0 radical (unpaired) electrons. The number of hydrogen-bond acceptors (Lipinski definition) is 5. The molecule has 1 saturated heterocycles. The Labute approximate surface area is 188 Å². The summed E-state index contributed by atoms with van der Waals surface area (Å²) in [5.74, 6) is 0.584. The van der Waals surface area contributed by atoms with Crippen molar-refractivity contribution < 1.29 is 13.9 Å². The Morgan fingerprint density at radius 1 is 1.12 bits per heavy atom. The summed E-state index contributed by atoms with van der Waals surface area (Å²) in [5, 5.41) is 12.0. The summed E-state index contributed by atoms with van der Waals surface area (Å²) in [6.45, 7) is 3.68. The number of piperidine rings is 1. The fourth-order valence-corrected chi connectivity index (χ4v) is 5.27. The van der Waals surface area contributed by atoms with E-state index < -0.39 is 0 Å². The van der Waals surface area contributed by atoms with Gasteiger partial charge in [-0.15, -0.1) is 5.10 Å². The van der Waals surface area contributed by atoms with E-state index in [0.29, 0.717) is 25.5 Å². The summed E-state index contributed by atoms with van der Waals surface area (Å²) in [5.41, 5.74) is 2.94. The smallest absolute Gasteiger partial charge is 0.220 e. The van der Waals surface area contributed by atoms with Gasteiger partial charge in [-0.2, -0.15) is 0 Å². The molecule has 0 bridgehead atoms. The van der Waals surface area contributed by atoms with Crippen LogP contribution in [-0.4, -0.2) is 44.9 Å². The van der Waals surface area contributed by atoms with Gasteiger partial charge in [-0.3, -0.25) is 9.69 Å². The summed E-state index contributed by atoms with van der Waals surface area (Å²) in [7, 11) is 0. The minimum Gasteiger partial charge on any atom is -0.365 e. The Balaban J connectivity index is 1.10. The molecule has 1 aliphatic carbocycles. The highest BCUT2D eigenvalue weighted by molar-refractivity contribution is 5.76. The predicted molar refractivity (Wildman–Crippen MR) is 117 cm³/mol. The lowest BCUT2D eigenvalue weighted by atomic mass is 10.0. The number of amides is 1. The standard InChI is InChI=1S/C24H32FN5O2/c25-19-7-5-18(6-8-19)23-15-30-22(16-32-23)21(27-28-30)14-29-11-9-20(10-12-29)26-24(31)13-17-3-1-2-4-17/h5-8,17,20,23H,1-4,9-16H2,(H,26,31). The Bertz CT molecular complexity index is 917. The van der Waals surface area contributed by atoms with E-state index >= 15 is 0 Å². The third kappa shape index (κ3) is 5.02. The number of rotatable bonds is 6. The molecule has 3 heterocycles. The predicted octanol–water partition coefficient (Wildman–Crippen LogP) is 3.35. The van der Waals surface area contributed by atoms with Crippen molar-refractivity contribution in [1.82, 2.24) is 25.2 Å². The van der Waals surface area contributed by atoms with E-state index in [1.54, 1.807) is 12.1 Å². The van der Waals surface area contributed by atoms with Crippen LogP contribution in [0, 0.1) is 11.7 Å². The average Bonchev–Trinajstić information content (AvgIpc) is 3.45. The molecule has 1 aromatic heterocycles. The van der Waals surface area contributed by atoms with Gasteiger partial charge in [-0.25, -0.2) is 9.07 Å². The largest absolute Gasteiger partial charge is 0.365 e. The molecule has 1 N–H and O–H groups in total. The summed E-state index contributed by atoms with van der Waals surface area (Å²) < 4.78 is 21.2. The van der Waals surface area contributed by atoms with Crippen molar-refractivity contribution in [2.24, 2.45) is 5.92 Å². The average molecular weight is 442 g/mol. The lowest BCUT2D eigenvalue weighted by Crippen LogP contribution is -2.44. The molecule has 5 rings (SSSR count). The second kappa shape index (κ2) is 9.67. The first-order valence-corrected chi connectivity index (χ1v) is 11.9. The fraction of sp³-hybridized carbons (Fsp3) is 0.625. The van der Waals surface area contributed by atoms with Gasteiger partial charge in [0.15, 0.2) is 0 Å². The maximum absolute atomic E-state index is 13.2. The van der Waals surface area contributed by atoms with E-state index in [2.05, 4.69) is 20.5 Å². The lowest BCUT2D eigenvalue weighted by molar-refractivity contribution is -0.123. The first-order valence-electron chi connectivity index (χ1n) is 11.9. The van der Waals surface area contributed by atoms with E-state index in [-0.39, 0.29) is 23.9 Å². The number of carbonyl (C=O) groups is 1. The molecule has 2 fully saturated rings. The minimum absolute atomic E-state index is 0.138. The maximum Gasteiger partial charge on any atom is 0.220 e. The molecule has 32 heavy (non-hydrogen) atoms.